The van der Waals surface area contributed by atoms with Gasteiger partial charge in [-0.2, -0.15) is 0 Å². The maximum atomic E-state index is 9.31. The number of hydrogen-bond donors (Lipinski definition) is 2. The first kappa shape index (κ1) is 11.6. The van der Waals surface area contributed by atoms with Crippen LogP contribution in [0.4, 0.5) is 11.4 Å². The fourth-order valence-corrected chi connectivity index (χ4v) is 2.42. The van der Waals surface area contributed by atoms with Crippen LogP contribution in [0.5, 0.6) is 0 Å². The zero-order valence-corrected chi connectivity index (χ0v) is 10.4. The Morgan fingerprint density at radius 2 is 2.44 bits per heavy atom. The molecule has 5 nitrogen and oxygen atoms in total. The lowest BCUT2D eigenvalue weighted by Crippen LogP contribution is -2.48. The Balaban J connectivity index is 2.34. The molecule has 88 valence electrons. The lowest BCUT2D eigenvalue weighted by molar-refractivity contribution is 0.0727. The molecule has 0 spiro atoms. The van der Waals surface area contributed by atoms with Crippen LogP contribution in [0.1, 0.15) is 0 Å². The average molecular weight is 288 g/mol. The van der Waals surface area contributed by atoms with Gasteiger partial charge in [0.15, 0.2) is 0 Å². The molecule has 0 bridgehead atoms. The quantitative estimate of drug-likeness (QED) is 0.835. The Morgan fingerprint density at radius 1 is 1.62 bits per heavy atom. The van der Waals surface area contributed by atoms with Crippen LogP contribution in [0.15, 0.2) is 16.9 Å². The molecule has 2 rings (SSSR count). The molecule has 6 heteroatoms. The molecule has 1 fully saturated rings. The molecule has 0 amide bonds. The molecule has 1 aromatic heterocycles. The highest BCUT2D eigenvalue weighted by Crippen LogP contribution is 2.33. The van der Waals surface area contributed by atoms with Crippen molar-refractivity contribution in [3.63, 3.8) is 0 Å². The third-order valence-electron chi connectivity index (χ3n) is 2.63. The topological polar surface area (TPSA) is 71.6 Å². The number of halogens is 1. The van der Waals surface area contributed by atoms with E-state index in [9.17, 15) is 5.11 Å². The summed E-state index contributed by atoms with van der Waals surface area (Å²) in [5.74, 6) is 0. The standard InChI is InChI=1S/C10H14BrN3O2/c11-8-3-13-4-9(12)10(8)14-1-2-16-6-7(14)5-15/h3-4,7,15H,1-2,5-6,12H2. The Bertz CT molecular complexity index is 355. The first-order chi connectivity index (χ1) is 7.74. The smallest absolute Gasteiger partial charge is 0.0780 e. The molecular weight excluding hydrogens is 274 g/mol. The maximum Gasteiger partial charge on any atom is 0.0780 e. The van der Waals surface area contributed by atoms with Crippen molar-refractivity contribution in [2.24, 2.45) is 0 Å². The SMILES string of the molecule is Nc1cncc(Br)c1N1CCOCC1CO. The van der Waals surface area contributed by atoms with Crippen LogP contribution in [0.25, 0.3) is 0 Å². The predicted octanol–water partition coefficient (Wildman–Crippen LogP) is 0.624. The van der Waals surface area contributed by atoms with E-state index < -0.39 is 0 Å². The Morgan fingerprint density at radius 3 is 3.12 bits per heavy atom. The van der Waals surface area contributed by atoms with Gasteiger partial charge in [-0.3, -0.25) is 4.98 Å². The number of nitrogens with two attached hydrogens (primary N) is 1. The van der Waals surface area contributed by atoms with Gasteiger partial charge in [-0.25, -0.2) is 0 Å². The van der Waals surface area contributed by atoms with Crippen molar-refractivity contribution in [3.8, 4) is 0 Å². The third kappa shape index (κ3) is 2.14. The van der Waals surface area contributed by atoms with Crippen LogP contribution in [0, 0.1) is 0 Å². The van der Waals surface area contributed by atoms with Gasteiger partial charge >= 0.3 is 0 Å². The second kappa shape index (κ2) is 4.99. The number of aromatic nitrogens is 1. The molecule has 16 heavy (non-hydrogen) atoms. The molecule has 0 radical (unpaired) electrons. The molecule has 2 heterocycles. The summed E-state index contributed by atoms with van der Waals surface area (Å²) in [6, 6.07) is -0.0465. The molecule has 1 unspecified atom stereocenters. The van der Waals surface area contributed by atoms with Crippen LogP contribution in [0.2, 0.25) is 0 Å². The predicted molar refractivity (Wildman–Crippen MR) is 65.4 cm³/mol. The van der Waals surface area contributed by atoms with Crippen molar-refractivity contribution in [2.45, 2.75) is 6.04 Å². The number of pyridine rings is 1. The number of morpholine rings is 1. The second-order valence-corrected chi connectivity index (χ2v) is 4.52. The van der Waals surface area contributed by atoms with Gasteiger partial charge < -0.3 is 20.5 Å². The number of ether oxygens (including phenoxy) is 1. The van der Waals surface area contributed by atoms with Gasteiger partial charge in [0, 0.05) is 12.7 Å². The van der Waals surface area contributed by atoms with Crippen LogP contribution < -0.4 is 10.6 Å². The minimum Gasteiger partial charge on any atom is -0.396 e. The van der Waals surface area contributed by atoms with Crippen molar-refractivity contribution < 1.29 is 9.84 Å². The van der Waals surface area contributed by atoms with Crippen molar-refractivity contribution >= 4 is 27.3 Å². The van der Waals surface area contributed by atoms with E-state index in [0.29, 0.717) is 18.9 Å². The number of rotatable bonds is 2. The number of aliphatic hydroxyl groups is 1. The van der Waals surface area contributed by atoms with E-state index in [0.717, 1.165) is 16.7 Å². The van der Waals surface area contributed by atoms with Gasteiger partial charge in [-0.15, -0.1) is 0 Å². The number of hydrogen-bond acceptors (Lipinski definition) is 5. The second-order valence-electron chi connectivity index (χ2n) is 3.66. The molecule has 1 atom stereocenters. The van der Waals surface area contributed by atoms with Crippen molar-refractivity contribution in [1.82, 2.24) is 4.98 Å². The first-order valence-corrected chi connectivity index (χ1v) is 5.87. The average Bonchev–Trinajstić information content (AvgIpc) is 2.29. The number of nitrogens with zero attached hydrogens (tertiary/aromatic N) is 2. The van der Waals surface area contributed by atoms with E-state index in [1.807, 2.05) is 0 Å². The van der Waals surface area contributed by atoms with Gasteiger partial charge in [0.25, 0.3) is 0 Å². The zero-order valence-electron chi connectivity index (χ0n) is 8.77. The Kier molecular flexibility index (Phi) is 3.63. The highest BCUT2D eigenvalue weighted by atomic mass is 79.9. The Hall–Kier alpha value is -0.850. The summed E-state index contributed by atoms with van der Waals surface area (Å²) in [6.07, 6.45) is 3.32. The summed E-state index contributed by atoms with van der Waals surface area (Å²) in [5.41, 5.74) is 7.41. The zero-order chi connectivity index (χ0) is 11.5. The minimum atomic E-state index is -0.0465. The summed E-state index contributed by atoms with van der Waals surface area (Å²) in [5, 5.41) is 9.31. The third-order valence-corrected chi connectivity index (χ3v) is 3.21. The molecule has 1 saturated heterocycles. The normalized spacial score (nSPS) is 21.1. The van der Waals surface area contributed by atoms with E-state index in [4.69, 9.17) is 10.5 Å². The minimum absolute atomic E-state index is 0.0465. The van der Waals surface area contributed by atoms with Crippen molar-refractivity contribution in [3.05, 3.63) is 16.9 Å². The summed E-state index contributed by atoms with van der Waals surface area (Å²) >= 11 is 3.43. The molecule has 1 aliphatic rings. The molecule has 0 aromatic carbocycles. The summed E-state index contributed by atoms with van der Waals surface area (Å²) in [7, 11) is 0. The molecular formula is C10H14BrN3O2. The van der Waals surface area contributed by atoms with Gasteiger partial charge in [0.2, 0.25) is 0 Å². The summed E-state index contributed by atoms with van der Waals surface area (Å²) < 4.78 is 6.17. The van der Waals surface area contributed by atoms with Gasteiger partial charge in [-0.1, -0.05) is 0 Å². The van der Waals surface area contributed by atoms with E-state index in [-0.39, 0.29) is 12.6 Å². The fraction of sp³-hybridized carbons (Fsp3) is 0.500. The van der Waals surface area contributed by atoms with E-state index >= 15 is 0 Å². The first-order valence-electron chi connectivity index (χ1n) is 5.08. The highest BCUT2D eigenvalue weighted by Gasteiger charge is 2.25. The van der Waals surface area contributed by atoms with Crippen molar-refractivity contribution in [2.75, 3.05) is 37.0 Å². The lowest BCUT2D eigenvalue weighted by Gasteiger charge is -2.37. The maximum absolute atomic E-state index is 9.31. The Labute approximate surface area is 102 Å². The van der Waals surface area contributed by atoms with Crippen LogP contribution in [-0.2, 0) is 4.74 Å². The van der Waals surface area contributed by atoms with Crippen LogP contribution >= 0.6 is 15.9 Å². The lowest BCUT2D eigenvalue weighted by atomic mass is 10.2. The van der Waals surface area contributed by atoms with E-state index in [1.165, 1.54) is 0 Å². The van der Waals surface area contributed by atoms with Crippen LogP contribution in [-0.4, -0.2) is 42.5 Å². The van der Waals surface area contributed by atoms with Gasteiger partial charge in [0.1, 0.15) is 0 Å². The van der Waals surface area contributed by atoms with Crippen LogP contribution in [0.3, 0.4) is 0 Å². The molecule has 0 aliphatic carbocycles. The number of anilines is 2. The largest absolute Gasteiger partial charge is 0.396 e. The van der Waals surface area contributed by atoms with Gasteiger partial charge in [0.05, 0.1) is 47.9 Å². The fourth-order valence-electron chi connectivity index (χ4n) is 1.85. The van der Waals surface area contributed by atoms with Crippen molar-refractivity contribution in [1.29, 1.82) is 0 Å². The highest BCUT2D eigenvalue weighted by molar-refractivity contribution is 9.10. The van der Waals surface area contributed by atoms with E-state index in [2.05, 4.69) is 25.8 Å². The summed E-state index contributed by atoms with van der Waals surface area (Å²) in [6.45, 7) is 1.93. The summed E-state index contributed by atoms with van der Waals surface area (Å²) in [4.78, 5) is 6.06. The molecule has 1 aromatic rings. The molecule has 3 N–H and O–H groups in total. The monoisotopic (exact) mass is 287 g/mol. The number of nitrogen functional groups attached to an aromatic ring is 1. The molecule has 0 saturated carbocycles. The number of aliphatic hydroxyl groups excluding tert-OH is 1. The van der Waals surface area contributed by atoms with Gasteiger partial charge in [-0.05, 0) is 15.9 Å². The molecule has 1 aliphatic heterocycles. The van der Waals surface area contributed by atoms with E-state index in [1.54, 1.807) is 12.4 Å².